The Bertz CT molecular complexity index is 1190. The van der Waals surface area contributed by atoms with Gasteiger partial charge < -0.3 is 14.6 Å². The van der Waals surface area contributed by atoms with E-state index in [9.17, 15) is 13.2 Å². The number of rotatable bonds is 7. The van der Waals surface area contributed by atoms with Gasteiger partial charge in [-0.1, -0.05) is 18.2 Å². The predicted molar refractivity (Wildman–Crippen MR) is 122 cm³/mol. The van der Waals surface area contributed by atoms with Crippen LogP contribution in [0.2, 0.25) is 0 Å². The standard InChI is InChI=1S/C23H28N4O4S/c1-16-9-10-18(32(29,30)24-11-13-31-2)14-19(16)23(28)27-12-5-6-17(15-27)22-25-20-7-3-4-8-21(20)26-22/h3-4,7-10,14,17,24H,5-6,11-13,15H2,1-2H3,(H,25,26)/t17-/m0/s1. The van der Waals surface area contributed by atoms with Crippen LogP contribution in [-0.2, 0) is 14.8 Å². The summed E-state index contributed by atoms with van der Waals surface area (Å²) in [5, 5.41) is 0. The number of hydrogen-bond donors (Lipinski definition) is 2. The fraction of sp³-hybridized carbons (Fsp3) is 0.391. The molecule has 0 aliphatic carbocycles. The number of aromatic amines is 1. The first-order chi connectivity index (χ1) is 15.4. The molecule has 1 aliphatic rings. The van der Waals surface area contributed by atoms with Crippen LogP contribution in [0, 0.1) is 6.92 Å². The largest absolute Gasteiger partial charge is 0.383 e. The number of fused-ring (bicyclic) bond motifs is 1. The van der Waals surface area contributed by atoms with Crippen molar-refractivity contribution in [2.45, 2.75) is 30.6 Å². The van der Waals surface area contributed by atoms with Crippen LogP contribution in [0.1, 0.15) is 40.5 Å². The molecule has 8 nitrogen and oxygen atoms in total. The summed E-state index contributed by atoms with van der Waals surface area (Å²) in [4.78, 5) is 23.3. The predicted octanol–water partition coefficient (Wildman–Crippen LogP) is 2.82. The highest BCUT2D eigenvalue weighted by Gasteiger charge is 2.29. The molecular formula is C23H28N4O4S. The topological polar surface area (TPSA) is 104 Å². The maximum absolute atomic E-state index is 13.4. The molecule has 2 heterocycles. The van der Waals surface area contributed by atoms with E-state index in [-0.39, 0.29) is 29.9 Å². The van der Waals surface area contributed by atoms with Crippen molar-refractivity contribution in [2.24, 2.45) is 0 Å². The van der Waals surface area contributed by atoms with Crippen molar-refractivity contribution in [3.63, 3.8) is 0 Å². The highest BCUT2D eigenvalue weighted by molar-refractivity contribution is 7.89. The summed E-state index contributed by atoms with van der Waals surface area (Å²) in [6.45, 7) is 3.44. The minimum atomic E-state index is -3.72. The summed E-state index contributed by atoms with van der Waals surface area (Å²) in [6.07, 6.45) is 1.81. The molecule has 2 N–H and O–H groups in total. The molecule has 9 heteroatoms. The molecule has 0 radical (unpaired) electrons. The molecule has 1 fully saturated rings. The van der Waals surface area contributed by atoms with Gasteiger partial charge in [0.2, 0.25) is 10.0 Å². The summed E-state index contributed by atoms with van der Waals surface area (Å²) in [5.74, 6) is 0.847. The lowest BCUT2D eigenvalue weighted by molar-refractivity contribution is 0.0704. The van der Waals surface area contributed by atoms with Crippen LogP contribution < -0.4 is 4.72 Å². The van der Waals surface area contributed by atoms with Gasteiger partial charge in [-0.15, -0.1) is 0 Å². The van der Waals surface area contributed by atoms with E-state index in [0.717, 1.165) is 35.3 Å². The Balaban J connectivity index is 1.54. The van der Waals surface area contributed by atoms with Crippen LogP contribution in [0.15, 0.2) is 47.4 Å². The van der Waals surface area contributed by atoms with Gasteiger partial charge in [-0.25, -0.2) is 18.1 Å². The molecule has 1 amide bonds. The number of para-hydroxylation sites is 2. The average molecular weight is 457 g/mol. The second kappa shape index (κ2) is 9.40. The number of benzene rings is 2. The average Bonchev–Trinajstić information content (AvgIpc) is 3.23. The number of aromatic nitrogens is 2. The summed E-state index contributed by atoms with van der Waals surface area (Å²) in [7, 11) is -2.21. The van der Waals surface area contributed by atoms with Gasteiger partial charge >= 0.3 is 0 Å². The quantitative estimate of drug-likeness (QED) is 0.532. The second-order valence-electron chi connectivity index (χ2n) is 8.10. The van der Waals surface area contributed by atoms with Crippen LogP contribution in [-0.4, -0.2) is 62.5 Å². The van der Waals surface area contributed by atoms with E-state index in [1.54, 1.807) is 11.0 Å². The first-order valence-electron chi connectivity index (χ1n) is 10.7. The van der Waals surface area contributed by atoms with Gasteiger partial charge in [0.1, 0.15) is 5.82 Å². The normalized spacial score (nSPS) is 17.1. The molecule has 2 aromatic carbocycles. The highest BCUT2D eigenvalue weighted by atomic mass is 32.2. The number of methoxy groups -OCH3 is 1. The minimum absolute atomic E-state index is 0.0772. The van der Waals surface area contributed by atoms with Crippen molar-refractivity contribution >= 4 is 27.0 Å². The van der Waals surface area contributed by atoms with Crippen molar-refractivity contribution in [2.75, 3.05) is 33.4 Å². The molecule has 4 rings (SSSR count). The second-order valence-corrected chi connectivity index (χ2v) is 9.86. The summed E-state index contributed by atoms with van der Waals surface area (Å²) in [6, 6.07) is 12.6. The Morgan fingerprint density at radius 3 is 2.88 bits per heavy atom. The van der Waals surface area contributed by atoms with Crippen molar-refractivity contribution in [3.8, 4) is 0 Å². The lowest BCUT2D eigenvalue weighted by Crippen LogP contribution is -2.39. The molecule has 0 bridgehead atoms. The number of hydrogen-bond acceptors (Lipinski definition) is 5. The van der Waals surface area contributed by atoms with Crippen LogP contribution in [0.25, 0.3) is 11.0 Å². The molecule has 1 saturated heterocycles. The first-order valence-corrected chi connectivity index (χ1v) is 12.2. The van der Waals surface area contributed by atoms with Gasteiger partial charge in [0, 0.05) is 38.2 Å². The molecule has 1 aliphatic heterocycles. The summed E-state index contributed by atoms with van der Waals surface area (Å²) < 4.78 is 32.6. The van der Waals surface area contributed by atoms with E-state index in [1.165, 1.54) is 19.2 Å². The lowest BCUT2D eigenvalue weighted by atomic mass is 9.96. The number of ether oxygens (including phenoxy) is 1. The van der Waals surface area contributed by atoms with E-state index in [2.05, 4.69) is 9.71 Å². The minimum Gasteiger partial charge on any atom is -0.383 e. The Morgan fingerprint density at radius 2 is 2.09 bits per heavy atom. The number of piperidine rings is 1. The zero-order chi connectivity index (χ0) is 22.7. The Kier molecular flexibility index (Phi) is 6.59. The van der Waals surface area contributed by atoms with Crippen molar-refractivity contribution in [1.82, 2.24) is 19.6 Å². The summed E-state index contributed by atoms with van der Waals surface area (Å²) in [5.41, 5.74) is 3.06. The van der Waals surface area contributed by atoms with Gasteiger partial charge in [0.25, 0.3) is 5.91 Å². The molecular weight excluding hydrogens is 428 g/mol. The Hall–Kier alpha value is -2.75. The number of likely N-dealkylation sites (tertiary alicyclic amines) is 1. The van der Waals surface area contributed by atoms with E-state index >= 15 is 0 Å². The van der Waals surface area contributed by atoms with Crippen LogP contribution in [0.3, 0.4) is 0 Å². The van der Waals surface area contributed by atoms with Crippen LogP contribution >= 0.6 is 0 Å². The SMILES string of the molecule is COCCNS(=O)(=O)c1ccc(C)c(C(=O)N2CCC[C@H](c3nc4ccccc4[nH]3)C2)c1. The zero-order valence-corrected chi connectivity index (χ0v) is 19.1. The zero-order valence-electron chi connectivity index (χ0n) is 18.3. The number of imidazole rings is 1. The fourth-order valence-electron chi connectivity index (χ4n) is 4.08. The lowest BCUT2D eigenvalue weighted by Gasteiger charge is -2.32. The number of carbonyl (C=O) groups excluding carboxylic acids is 1. The van der Waals surface area contributed by atoms with Gasteiger partial charge in [-0.3, -0.25) is 4.79 Å². The molecule has 32 heavy (non-hydrogen) atoms. The molecule has 1 aromatic heterocycles. The smallest absolute Gasteiger partial charge is 0.254 e. The van der Waals surface area contributed by atoms with E-state index in [4.69, 9.17) is 9.72 Å². The van der Waals surface area contributed by atoms with Crippen molar-refractivity contribution in [3.05, 3.63) is 59.4 Å². The third-order valence-corrected chi connectivity index (χ3v) is 7.31. The van der Waals surface area contributed by atoms with Gasteiger partial charge in [-0.05, 0) is 49.6 Å². The molecule has 3 aromatic rings. The van der Waals surface area contributed by atoms with E-state index in [0.29, 0.717) is 18.7 Å². The number of nitrogens with zero attached hydrogens (tertiary/aromatic N) is 2. The third-order valence-electron chi connectivity index (χ3n) is 5.85. The molecule has 1 atom stereocenters. The monoisotopic (exact) mass is 456 g/mol. The highest BCUT2D eigenvalue weighted by Crippen LogP contribution is 2.28. The van der Waals surface area contributed by atoms with E-state index < -0.39 is 10.0 Å². The molecule has 0 saturated carbocycles. The third kappa shape index (κ3) is 4.69. The first kappa shape index (κ1) is 22.4. The summed E-state index contributed by atoms with van der Waals surface area (Å²) >= 11 is 0. The molecule has 170 valence electrons. The number of amides is 1. The van der Waals surface area contributed by atoms with Crippen LogP contribution in [0.4, 0.5) is 0 Å². The van der Waals surface area contributed by atoms with Crippen molar-refractivity contribution < 1.29 is 17.9 Å². The van der Waals surface area contributed by atoms with Gasteiger partial charge in [-0.2, -0.15) is 0 Å². The number of sulfonamides is 1. The van der Waals surface area contributed by atoms with Gasteiger partial charge in [0.05, 0.1) is 22.5 Å². The van der Waals surface area contributed by atoms with Crippen molar-refractivity contribution in [1.29, 1.82) is 0 Å². The maximum Gasteiger partial charge on any atom is 0.254 e. The fourth-order valence-corrected chi connectivity index (χ4v) is 5.12. The number of H-pyrrole nitrogens is 1. The maximum atomic E-state index is 13.4. The van der Waals surface area contributed by atoms with E-state index in [1.807, 2.05) is 31.2 Å². The number of carbonyl (C=O) groups is 1. The number of nitrogens with one attached hydrogen (secondary N) is 2. The Morgan fingerprint density at radius 1 is 1.28 bits per heavy atom. The number of aryl methyl sites for hydroxylation is 1. The molecule has 0 unspecified atom stereocenters. The Labute approximate surface area is 188 Å². The van der Waals surface area contributed by atoms with Crippen LogP contribution in [0.5, 0.6) is 0 Å². The van der Waals surface area contributed by atoms with Gasteiger partial charge in [0.15, 0.2) is 0 Å². The molecule has 0 spiro atoms.